The summed E-state index contributed by atoms with van der Waals surface area (Å²) < 4.78 is 37.1. The minimum absolute atomic E-state index is 0.00252. The third-order valence-electron chi connectivity index (χ3n) is 8.70. The van der Waals surface area contributed by atoms with Crippen molar-refractivity contribution in [2.45, 2.75) is 83.1 Å². The zero-order chi connectivity index (χ0) is 37.6. The number of esters is 2. The molecule has 0 heterocycles. The van der Waals surface area contributed by atoms with Crippen LogP contribution in [0.4, 0.5) is 0 Å². The molecule has 280 valence electrons. The Balaban J connectivity index is 1.84. The standard InChI is InChI=1S/C35H48N4O11S/c1-23(49-32(44)25-10-4-3-5-11-25)50-33(45)26(22-37-30(41)28(12-6-9-19-36)39-51(2,47)48)21-35(17-7-8-18-35)34(46)38-29(31(42)43)20-24-13-15-27(40)16-14-24/h3-5,10-11,13-16,23,26,28-29,39-40H,6-9,12,17-22,36H2,1-2H3,(H,37,41)(H,38,46)(H,42,43)/t23-,26?,28+,29+/m1/s1. The maximum Gasteiger partial charge on any atom is 0.341 e. The maximum atomic E-state index is 13.9. The monoisotopic (exact) mass is 732 g/mol. The Labute approximate surface area is 297 Å². The molecule has 7 N–H and O–H groups in total. The van der Waals surface area contributed by atoms with E-state index in [-0.39, 0.29) is 37.1 Å². The number of sulfonamides is 1. The van der Waals surface area contributed by atoms with Gasteiger partial charge in [0.2, 0.25) is 28.1 Å². The molecule has 0 saturated heterocycles. The first kappa shape index (κ1) is 40.9. The van der Waals surface area contributed by atoms with Crippen LogP contribution in [0.15, 0.2) is 54.6 Å². The highest BCUT2D eigenvalue weighted by Gasteiger charge is 2.46. The number of nitrogens with two attached hydrogens (primary N) is 1. The number of unbranched alkanes of at least 4 members (excludes halogenated alkanes) is 1. The van der Waals surface area contributed by atoms with Crippen LogP contribution in [0.3, 0.4) is 0 Å². The fourth-order valence-corrected chi connectivity index (χ4v) is 6.83. The van der Waals surface area contributed by atoms with Gasteiger partial charge in [-0.25, -0.2) is 22.7 Å². The Kier molecular flexibility index (Phi) is 15.4. The number of nitrogens with one attached hydrogen (secondary N) is 3. The van der Waals surface area contributed by atoms with Crippen molar-refractivity contribution in [1.29, 1.82) is 0 Å². The zero-order valence-corrected chi connectivity index (χ0v) is 29.7. The molecule has 0 bridgehead atoms. The van der Waals surface area contributed by atoms with E-state index in [2.05, 4.69) is 15.4 Å². The minimum atomic E-state index is -3.79. The van der Waals surface area contributed by atoms with Crippen LogP contribution in [0, 0.1) is 11.3 Å². The molecule has 0 radical (unpaired) electrons. The van der Waals surface area contributed by atoms with Crippen LogP contribution >= 0.6 is 0 Å². The lowest BCUT2D eigenvalue weighted by molar-refractivity contribution is -0.171. The first-order chi connectivity index (χ1) is 24.1. The largest absolute Gasteiger partial charge is 0.508 e. The topological polar surface area (TPSA) is 241 Å². The lowest BCUT2D eigenvalue weighted by Gasteiger charge is -2.33. The van der Waals surface area contributed by atoms with Gasteiger partial charge in [-0.2, -0.15) is 0 Å². The SMILES string of the molecule is C[C@H](OC(=O)c1ccccc1)OC(=O)C(CNC(=O)[C@H](CCCCN)NS(C)(=O)=O)CC1(C(=O)N[C@@H](Cc2ccc(O)cc2)C(=O)O)CCCC1. The van der Waals surface area contributed by atoms with Crippen LogP contribution in [-0.4, -0.2) is 86.1 Å². The number of carbonyl (C=O) groups is 5. The predicted octanol–water partition coefficient (Wildman–Crippen LogP) is 1.98. The lowest BCUT2D eigenvalue weighted by atomic mass is 9.76. The molecule has 1 fully saturated rings. The molecule has 2 amide bonds. The molecule has 2 aromatic rings. The number of amides is 2. The smallest absolute Gasteiger partial charge is 0.341 e. The number of rotatable bonds is 20. The van der Waals surface area contributed by atoms with Crippen LogP contribution in [0.5, 0.6) is 5.75 Å². The number of carboxylic acid groups (broad SMARTS) is 1. The molecule has 1 aliphatic carbocycles. The number of carboxylic acids is 1. The van der Waals surface area contributed by atoms with Gasteiger partial charge in [0, 0.05) is 19.9 Å². The number of ether oxygens (including phenoxy) is 2. The van der Waals surface area contributed by atoms with E-state index in [4.69, 9.17) is 15.2 Å². The van der Waals surface area contributed by atoms with Crippen molar-refractivity contribution in [2.75, 3.05) is 19.3 Å². The van der Waals surface area contributed by atoms with Gasteiger partial charge in [0.05, 0.1) is 23.2 Å². The van der Waals surface area contributed by atoms with Crippen molar-refractivity contribution in [2.24, 2.45) is 17.1 Å². The fraction of sp³-hybridized carbons (Fsp3) is 0.514. The normalized spacial score (nSPS) is 16.2. The van der Waals surface area contributed by atoms with Gasteiger partial charge in [-0.3, -0.25) is 14.4 Å². The Morgan fingerprint density at radius 1 is 0.941 bits per heavy atom. The molecule has 0 aromatic heterocycles. The van der Waals surface area contributed by atoms with Gasteiger partial charge in [0.1, 0.15) is 17.8 Å². The third kappa shape index (κ3) is 13.3. The van der Waals surface area contributed by atoms with Gasteiger partial charge in [-0.15, -0.1) is 0 Å². The van der Waals surface area contributed by atoms with Gasteiger partial charge in [0.25, 0.3) is 0 Å². The summed E-state index contributed by atoms with van der Waals surface area (Å²) in [4.78, 5) is 65.8. The van der Waals surface area contributed by atoms with Crippen LogP contribution in [0.1, 0.15) is 74.2 Å². The molecule has 3 rings (SSSR count). The van der Waals surface area contributed by atoms with Gasteiger partial charge in [0.15, 0.2) is 0 Å². The third-order valence-corrected chi connectivity index (χ3v) is 9.41. The average molecular weight is 733 g/mol. The highest BCUT2D eigenvalue weighted by atomic mass is 32.2. The molecule has 4 atom stereocenters. The Morgan fingerprint density at radius 3 is 2.18 bits per heavy atom. The van der Waals surface area contributed by atoms with Crippen molar-refractivity contribution in [3.63, 3.8) is 0 Å². The van der Waals surface area contributed by atoms with Crippen molar-refractivity contribution < 1.29 is 52.1 Å². The van der Waals surface area contributed by atoms with E-state index in [0.717, 1.165) is 6.26 Å². The first-order valence-corrected chi connectivity index (χ1v) is 18.7. The van der Waals surface area contributed by atoms with Crippen LogP contribution in [-0.2, 0) is 45.1 Å². The van der Waals surface area contributed by atoms with Crippen LogP contribution in [0.2, 0.25) is 0 Å². The van der Waals surface area contributed by atoms with E-state index >= 15 is 0 Å². The molecular formula is C35H48N4O11S. The summed E-state index contributed by atoms with van der Waals surface area (Å²) in [6.45, 7) is 1.33. The van der Waals surface area contributed by atoms with Gasteiger partial charge in [-0.1, -0.05) is 49.6 Å². The second kappa shape index (κ2) is 19.2. The van der Waals surface area contributed by atoms with Crippen LogP contribution < -0.4 is 21.1 Å². The summed E-state index contributed by atoms with van der Waals surface area (Å²) in [6.07, 6.45) is 2.35. The molecule has 0 spiro atoms. The van der Waals surface area contributed by atoms with E-state index in [9.17, 15) is 42.6 Å². The number of hydrogen-bond donors (Lipinski definition) is 6. The number of hydrogen-bond acceptors (Lipinski definition) is 11. The molecule has 2 aromatic carbocycles. The summed E-state index contributed by atoms with van der Waals surface area (Å²) >= 11 is 0. The second-order valence-corrected chi connectivity index (χ2v) is 14.7. The maximum absolute atomic E-state index is 13.9. The summed E-state index contributed by atoms with van der Waals surface area (Å²) in [5.74, 6) is -5.38. The Hall–Kier alpha value is -4.54. The highest BCUT2D eigenvalue weighted by molar-refractivity contribution is 7.88. The van der Waals surface area contributed by atoms with Crippen molar-refractivity contribution in [1.82, 2.24) is 15.4 Å². The van der Waals surface area contributed by atoms with Crippen molar-refractivity contribution in [3.05, 3.63) is 65.7 Å². The lowest BCUT2D eigenvalue weighted by Crippen LogP contribution is -2.51. The minimum Gasteiger partial charge on any atom is -0.508 e. The van der Waals surface area contributed by atoms with E-state index in [1.165, 1.54) is 31.2 Å². The fourth-order valence-electron chi connectivity index (χ4n) is 6.08. The number of aromatic hydroxyl groups is 1. The van der Waals surface area contributed by atoms with Crippen LogP contribution in [0.25, 0.3) is 0 Å². The number of carbonyl (C=O) groups excluding carboxylic acids is 4. The first-order valence-electron chi connectivity index (χ1n) is 16.9. The number of phenolic OH excluding ortho intramolecular Hbond substituents is 1. The Bertz CT molecular complexity index is 1600. The molecule has 51 heavy (non-hydrogen) atoms. The number of aliphatic carboxylic acids is 1. The number of benzene rings is 2. The zero-order valence-electron chi connectivity index (χ0n) is 28.8. The second-order valence-electron chi connectivity index (χ2n) is 12.9. The summed E-state index contributed by atoms with van der Waals surface area (Å²) in [5, 5.41) is 24.8. The molecule has 0 aliphatic heterocycles. The molecule has 15 nitrogen and oxygen atoms in total. The van der Waals surface area contributed by atoms with Gasteiger partial charge >= 0.3 is 17.9 Å². The average Bonchev–Trinajstić information content (AvgIpc) is 3.56. The summed E-state index contributed by atoms with van der Waals surface area (Å²) in [6, 6.07) is 11.5. The van der Waals surface area contributed by atoms with Gasteiger partial charge < -0.3 is 36.1 Å². The Morgan fingerprint density at radius 2 is 1.59 bits per heavy atom. The quantitative estimate of drug-likeness (QED) is 0.0651. The summed E-state index contributed by atoms with van der Waals surface area (Å²) in [5.41, 5.74) is 5.14. The molecular weight excluding hydrogens is 684 g/mol. The summed E-state index contributed by atoms with van der Waals surface area (Å²) in [7, 11) is -3.79. The van der Waals surface area contributed by atoms with E-state index in [1.54, 1.807) is 30.3 Å². The molecule has 1 saturated carbocycles. The van der Waals surface area contributed by atoms with Crippen molar-refractivity contribution >= 4 is 39.7 Å². The molecule has 1 unspecified atom stereocenters. The van der Waals surface area contributed by atoms with Crippen molar-refractivity contribution in [3.8, 4) is 5.75 Å². The van der Waals surface area contributed by atoms with E-state index in [0.29, 0.717) is 50.6 Å². The highest BCUT2D eigenvalue weighted by Crippen LogP contribution is 2.44. The van der Waals surface area contributed by atoms with E-state index < -0.39 is 69.5 Å². The molecule has 16 heteroatoms. The van der Waals surface area contributed by atoms with Gasteiger partial charge in [-0.05, 0) is 68.5 Å². The van der Waals surface area contributed by atoms with E-state index in [1.807, 2.05) is 0 Å². The number of phenols is 1. The predicted molar refractivity (Wildman–Crippen MR) is 185 cm³/mol. The molecule has 1 aliphatic rings.